The number of carbonyl (C=O) groups is 1. The minimum absolute atomic E-state index is 0.0615. The molecule has 0 saturated carbocycles. The van der Waals surface area contributed by atoms with E-state index < -0.39 is 0 Å². The van der Waals surface area contributed by atoms with Crippen molar-refractivity contribution >= 4 is 11.7 Å². The van der Waals surface area contributed by atoms with Gasteiger partial charge in [0.2, 0.25) is 5.89 Å². The molecular weight excluding hydrogens is 330 g/mol. The summed E-state index contributed by atoms with van der Waals surface area (Å²) in [7, 11) is 0. The van der Waals surface area contributed by atoms with E-state index in [1.807, 2.05) is 55.5 Å². The first-order chi connectivity index (χ1) is 12.7. The van der Waals surface area contributed by atoms with Gasteiger partial charge in [-0.05, 0) is 31.2 Å². The van der Waals surface area contributed by atoms with Gasteiger partial charge >= 0.3 is 6.03 Å². The molecule has 2 heterocycles. The fourth-order valence-electron chi connectivity index (χ4n) is 3.17. The van der Waals surface area contributed by atoms with Gasteiger partial charge < -0.3 is 19.8 Å². The van der Waals surface area contributed by atoms with Gasteiger partial charge in [0.1, 0.15) is 12.0 Å². The van der Waals surface area contributed by atoms with Crippen molar-refractivity contribution in [1.29, 1.82) is 0 Å². The monoisotopic (exact) mass is 349 g/mol. The van der Waals surface area contributed by atoms with Gasteiger partial charge in [0.25, 0.3) is 0 Å². The van der Waals surface area contributed by atoms with Gasteiger partial charge in [-0.3, -0.25) is 0 Å². The fraction of sp³-hybridized carbons (Fsp3) is 0.200. The fourth-order valence-corrected chi connectivity index (χ4v) is 3.17. The van der Waals surface area contributed by atoms with Crippen LogP contribution in [0, 0.1) is 0 Å². The number of amides is 2. The van der Waals surface area contributed by atoms with Crippen LogP contribution in [0.4, 0.5) is 10.5 Å². The van der Waals surface area contributed by atoms with Gasteiger partial charge in [-0.2, -0.15) is 0 Å². The second-order valence-electron chi connectivity index (χ2n) is 6.26. The molecule has 4 rings (SSSR count). The molecule has 0 aliphatic carbocycles. The van der Waals surface area contributed by atoms with Crippen molar-refractivity contribution in [3.63, 3.8) is 0 Å². The Morgan fingerprint density at radius 1 is 1.23 bits per heavy atom. The molecule has 2 unspecified atom stereocenters. The van der Waals surface area contributed by atoms with E-state index in [9.17, 15) is 4.79 Å². The Labute approximate surface area is 151 Å². The number of rotatable bonds is 4. The number of nitrogens with zero attached hydrogens (tertiary/aromatic N) is 1. The van der Waals surface area contributed by atoms with E-state index in [2.05, 4.69) is 15.6 Å². The molecule has 2 atom stereocenters. The van der Waals surface area contributed by atoms with Crippen LogP contribution in [0.5, 0.6) is 5.75 Å². The molecule has 6 nitrogen and oxygen atoms in total. The number of anilines is 1. The van der Waals surface area contributed by atoms with Crippen molar-refractivity contribution in [3.05, 3.63) is 66.6 Å². The normalized spacial score (nSPS) is 16.4. The summed E-state index contributed by atoms with van der Waals surface area (Å²) in [5, 5.41) is 5.86. The highest BCUT2D eigenvalue weighted by Crippen LogP contribution is 2.35. The number of fused-ring (bicyclic) bond motifs is 1. The second-order valence-corrected chi connectivity index (χ2v) is 6.26. The van der Waals surface area contributed by atoms with Gasteiger partial charge in [0.05, 0.1) is 12.8 Å². The number of oxazole rings is 1. The lowest BCUT2D eigenvalue weighted by Gasteiger charge is -2.20. The van der Waals surface area contributed by atoms with Crippen molar-refractivity contribution in [1.82, 2.24) is 10.3 Å². The third-order valence-electron chi connectivity index (χ3n) is 4.50. The maximum Gasteiger partial charge on any atom is 0.319 e. The topological polar surface area (TPSA) is 76.4 Å². The van der Waals surface area contributed by atoms with Crippen LogP contribution in [0.2, 0.25) is 0 Å². The van der Waals surface area contributed by atoms with Crippen molar-refractivity contribution in [2.75, 3.05) is 11.9 Å². The minimum atomic E-state index is -0.258. The predicted molar refractivity (Wildman–Crippen MR) is 98.2 cm³/mol. The molecule has 132 valence electrons. The van der Waals surface area contributed by atoms with Crippen LogP contribution in [-0.4, -0.2) is 23.7 Å². The average molecular weight is 349 g/mol. The van der Waals surface area contributed by atoms with Gasteiger partial charge in [-0.15, -0.1) is 0 Å². The Morgan fingerprint density at radius 2 is 2.12 bits per heavy atom. The third kappa shape index (κ3) is 3.26. The molecule has 0 saturated heterocycles. The lowest BCUT2D eigenvalue weighted by molar-refractivity contribution is 0.244. The van der Waals surface area contributed by atoms with Gasteiger partial charge in [-0.1, -0.05) is 24.3 Å². The van der Waals surface area contributed by atoms with E-state index in [0.29, 0.717) is 18.2 Å². The standard InChI is InChI=1S/C20H19N3O3/c1-13(17-12-26-18-8-3-2-7-16(17)18)22-20(24)23-15-6-4-5-14(11-15)19-21-9-10-25-19/h2-11,13,17H,12H2,1H3,(H2,22,23,24). The number of benzene rings is 2. The number of nitrogens with one attached hydrogen (secondary N) is 2. The molecule has 6 heteroatoms. The Bertz CT molecular complexity index is 908. The summed E-state index contributed by atoms with van der Waals surface area (Å²) in [5.41, 5.74) is 2.61. The molecule has 26 heavy (non-hydrogen) atoms. The van der Waals surface area contributed by atoms with E-state index in [1.54, 1.807) is 6.20 Å². The minimum Gasteiger partial charge on any atom is -0.493 e. The molecular formula is C20H19N3O3. The highest BCUT2D eigenvalue weighted by Gasteiger charge is 2.29. The molecule has 1 aliphatic rings. The number of aromatic nitrogens is 1. The molecule has 1 aromatic heterocycles. The van der Waals surface area contributed by atoms with Crippen LogP contribution < -0.4 is 15.4 Å². The van der Waals surface area contributed by atoms with Crippen molar-refractivity contribution in [3.8, 4) is 17.2 Å². The molecule has 2 amide bonds. The molecule has 0 radical (unpaired) electrons. The molecule has 2 N–H and O–H groups in total. The summed E-state index contributed by atoms with van der Waals surface area (Å²) in [6.07, 6.45) is 3.11. The number of hydrogen-bond acceptors (Lipinski definition) is 4. The zero-order valence-electron chi connectivity index (χ0n) is 14.3. The maximum atomic E-state index is 12.4. The van der Waals surface area contributed by atoms with E-state index in [4.69, 9.17) is 9.15 Å². The first kappa shape index (κ1) is 16.2. The number of ether oxygens (including phenoxy) is 1. The van der Waals surface area contributed by atoms with Crippen LogP contribution >= 0.6 is 0 Å². The number of para-hydroxylation sites is 1. The Hall–Kier alpha value is -3.28. The number of hydrogen-bond donors (Lipinski definition) is 2. The van der Waals surface area contributed by atoms with Gasteiger partial charge in [-0.25, -0.2) is 9.78 Å². The lowest BCUT2D eigenvalue weighted by atomic mass is 9.94. The first-order valence-electron chi connectivity index (χ1n) is 8.50. The molecule has 3 aromatic rings. The lowest BCUT2D eigenvalue weighted by Crippen LogP contribution is -2.40. The highest BCUT2D eigenvalue weighted by molar-refractivity contribution is 5.90. The molecule has 2 aromatic carbocycles. The zero-order valence-corrected chi connectivity index (χ0v) is 14.3. The Balaban J connectivity index is 1.41. The third-order valence-corrected chi connectivity index (χ3v) is 4.50. The highest BCUT2D eigenvalue weighted by atomic mass is 16.5. The zero-order chi connectivity index (χ0) is 17.9. The van der Waals surface area contributed by atoms with Crippen molar-refractivity contribution in [2.24, 2.45) is 0 Å². The van der Waals surface area contributed by atoms with E-state index in [-0.39, 0.29) is 18.0 Å². The summed E-state index contributed by atoms with van der Waals surface area (Å²) in [4.78, 5) is 16.5. The van der Waals surface area contributed by atoms with Crippen LogP contribution in [0.15, 0.2) is 65.4 Å². The molecule has 0 bridgehead atoms. The van der Waals surface area contributed by atoms with Crippen molar-refractivity contribution < 1.29 is 13.9 Å². The summed E-state index contributed by atoms with van der Waals surface area (Å²) in [6.45, 7) is 2.55. The largest absolute Gasteiger partial charge is 0.493 e. The van der Waals surface area contributed by atoms with Crippen LogP contribution in [-0.2, 0) is 0 Å². The number of carbonyl (C=O) groups excluding carboxylic acids is 1. The molecule has 0 spiro atoms. The smallest absolute Gasteiger partial charge is 0.319 e. The molecule has 1 aliphatic heterocycles. The Morgan fingerprint density at radius 3 is 2.96 bits per heavy atom. The van der Waals surface area contributed by atoms with E-state index >= 15 is 0 Å². The predicted octanol–water partition coefficient (Wildman–Crippen LogP) is 4.03. The van der Waals surface area contributed by atoms with Crippen LogP contribution in [0.3, 0.4) is 0 Å². The summed E-state index contributed by atoms with van der Waals surface area (Å²) in [5.74, 6) is 1.54. The van der Waals surface area contributed by atoms with Crippen molar-refractivity contribution in [2.45, 2.75) is 18.9 Å². The molecule has 0 fully saturated rings. The van der Waals surface area contributed by atoms with Crippen LogP contribution in [0.25, 0.3) is 11.5 Å². The second kappa shape index (κ2) is 6.92. The summed E-state index contributed by atoms with van der Waals surface area (Å²) >= 11 is 0. The Kier molecular flexibility index (Phi) is 4.31. The van der Waals surface area contributed by atoms with Gasteiger partial charge in [0, 0.05) is 28.8 Å². The first-order valence-corrected chi connectivity index (χ1v) is 8.50. The SMILES string of the molecule is CC(NC(=O)Nc1cccc(-c2ncco2)c1)C1COc2ccccc21. The maximum absolute atomic E-state index is 12.4. The van der Waals surface area contributed by atoms with E-state index in [1.165, 1.54) is 6.26 Å². The van der Waals surface area contributed by atoms with E-state index in [0.717, 1.165) is 16.9 Å². The summed E-state index contributed by atoms with van der Waals surface area (Å²) in [6, 6.07) is 15.0. The van der Waals surface area contributed by atoms with Gasteiger partial charge in [0.15, 0.2) is 0 Å². The quantitative estimate of drug-likeness (QED) is 0.746. The summed E-state index contributed by atoms with van der Waals surface area (Å²) < 4.78 is 11.0. The van der Waals surface area contributed by atoms with Crippen LogP contribution in [0.1, 0.15) is 18.4 Å². The average Bonchev–Trinajstić information content (AvgIpc) is 3.32. The number of urea groups is 1.